The number of nitrogens with two attached hydrogens (primary N) is 1. The standard InChI is InChI=1S/C23H28ClN3O4.ClH/c1-4-26(5-2)10-11-27-19-13-16(21(25)28)12-18(24)20(19)23(30,22(27)29)17-9-7-6-8-15(17)14-31-3;/h6-9,12-13,30H,4-5,10-11,14H2,1-3H3,(H2,25,28);1H. The van der Waals surface area contributed by atoms with E-state index in [1.165, 1.54) is 17.0 Å². The number of ether oxygens (including phenoxy) is 1. The summed E-state index contributed by atoms with van der Waals surface area (Å²) in [6.45, 7) is 6.90. The lowest BCUT2D eigenvalue weighted by Gasteiger charge is -2.27. The SMILES string of the molecule is CCN(CC)CCN1C(=O)C(O)(c2ccccc2COC)c2c(Cl)cc(C(N)=O)cc21.Cl. The van der Waals surface area contributed by atoms with Crippen LogP contribution in [0, 0.1) is 0 Å². The summed E-state index contributed by atoms with van der Waals surface area (Å²) in [7, 11) is 1.55. The number of amides is 2. The molecule has 7 nitrogen and oxygen atoms in total. The molecule has 9 heteroatoms. The highest BCUT2D eigenvalue weighted by molar-refractivity contribution is 6.33. The van der Waals surface area contributed by atoms with Crippen LogP contribution in [0.1, 0.15) is 40.9 Å². The Hall–Kier alpha value is -2.16. The molecule has 3 N–H and O–H groups in total. The molecule has 32 heavy (non-hydrogen) atoms. The number of aliphatic hydroxyl groups is 1. The fourth-order valence-electron chi connectivity index (χ4n) is 4.12. The van der Waals surface area contributed by atoms with E-state index in [4.69, 9.17) is 22.1 Å². The van der Waals surface area contributed by atoms with Crippen LogP contribution in [-0.2, 0) is 21.7 Å². The van der Waals surface area contributed by atoms with Gasteiger partial charge >= 0.3 is 0 Å². The van der Waals surface area contributed by atoms with Crippen molar-refractivity contribution >= 4 is 41.5 Å². The number of benzene rings is 2. The second-order valence-electron chi connectivity index (χ2n) is 7.50. The number of anilines is 1. The molecule has 1 aliphatic heterocycles. The predicted molar refractivity (Wildman–Crippen MR) is 128 cm³/mol. The van der Waals surface area contributed by atoms with Gasteiger partial charge in [0, 0.05) is 36.9 Å². The van der Waals surface area contributed by atoms with E-state index >= 15 is 0 Å². The molecule has 1 heterocycles. The van der Waals surface area contributed by atoms with E-state index in [1.54, 1.807) is 25.3 Å². The molecular weight excluding hydrogens is 453 g/mol. The molecule has 0 spiro atoms. The number of carbonyl (C=O) groups is 2. The number of hydrogen-bond acceptors (Lipinski definition) is 5. The topological polar surface area (TPSA) is 96.1 Å². The molecule has 0 saturated carbocycles. The molecule has 0 saturated heterocycles. The number of nitrogens with zero attached hydrogens (tertiary/aromatic N) is 2. The Morgan fingerprint density at radius 3 is 2.50 bits per heavy atom. The van der Waals surface area contributed by atoms with Crippen LogP contribution < -0.4 is 10.6 Å². The summed E-state index contributed by atoms with van der Waals surface area (Å²) in [5.74, 6) is -1.17. The first-order valence-corrected chi connectivity index (χ1v) is 10.6. The van der Waals surface area contributed by atoms with Crippen LogP contribution in [0.3, 0.4) is 0 Å². The first kappa shape index (κ1) is 26.1. The van der Waals surface area contributed by atoms with E-state index < -0.39 is 17.4 Å². The van der Waals surface area contributed by atoms with E-state index in [-0.39, 0.29) is 35.2 Å². The molecule has 0 fully saturated rings. The molecule has 0 radical (unpaired) electrons. The summed E-state index contributed by atoms with van der Waals surface area (Å²) in [6.07, 6.45) is 0. The molecule has 1 aliphatic rings. The van der Waals surface area contributed by atoms with Gasteiger partial charge in [0.15, 0.2) is 5.60 Å². The van der Waals surface area contributed by atoms with Gasteiger partial charge in [-0.2, -0.15) is 0 Å². The number of methoxy groups -OCH3 is 1. The van der Waals surface area contributed by atoms with Gasteiger partial charge in [0.1, 0.15) is 0 Å². The van der Waals surface area contributed by atoms with Crippen molar-refractivity contribution in [3.8, 4) is 0 Å². The zero-order valence-electron chi connectivity index (χ0n) is 18.4. The maximum Gasteiger partial charge on any atom is 0.268 e. The van der Waals surface area contributed by atoms with Crippen molar-refractivity contribution < 1.29 is 19.4 Å². The van der Waals surface area contributed by atoms with E-state index in [2.05, 4.69) is 4.90 Å². The fraction of sp³-hybridized carbons (Fsp3) is 0.391. The van der Waals surface area contributed by atoms with Crippen molar-refractivity contribution in [2.45, 2.75) is 26.1 Å². The van der Waals surface area contributed by atoms with Crippen LogP contribution in [0.25, 0.3) is 0 Å². The molecule has 3 rings (SSSR count). The highest BCUT2D eigenvalue weighted by atomic mass is 35.5. The normalized spacial score (nSPS) is 17.4. The summed E-state index contributed by atoms with van der Waals surface area (Å²) in [6, 6.07) is 9.99. The quantitative estimate of drug-likeness (QED) is 0.573. The monoisotopic (exact) mass is 481 g/mol. The second kappa shape index (κ2) is 10.6. The number of halogens is 2. The van der Waals surface area contributed by atoms with Gasteiger partial charge in [0.25, 0.3) is 5.91 Å². The highest BCUT2D eigenvalue weighted by Gasteiger charge is 2.53. The summed E-state index contributed by atoms with van der Waals surface area (Å²) in [4.78, 5) is 29.2. The first-order chi connectivity index (χ1) is 14.8. The van der Waals surface area contributed by atoms with E-state index in [0.29, 0.717) is 29.9 Å². The van der Waals surface area contributed by atoms with Crippen molar-refractivity contribution in [2.75, 3.05) is 38.2 Å². The summed E-state index contributed by atoms with van der Waals surface area (Å²) < 4.78 is 5.28. The minimum atomic E-state index is -2.00. The van der Waals surface area contributed by atoms with Gasteiger partial charge in [-0.15, -0.1) is 12.4 Å². The van der Waals surface area contributed by atoms with Gasteiger partial charge in [0.05, 0.1) is 17.3 Å². The largest absolute Gasteiger partial charge is 0.380 e. The van der Waals surface area contributed by atoms with Crippen LogP contribution in [0.4, 0.5) is 5.69 Å². The Labute approximate surface area is 199 Å². The third-order valence-corrected chi connectivity index (χ3v) is 6.10. The number of fused-ring (bicyclic) bond motifs is 1. The smallest absolute Gasteiger partial charge is 0.268 e. The zero-order chi connectivity index (χ0) is 22.8. The van der Waals surface area contributed by atoms with Gasteiger partial charge in [-0.3, -0.25) is 9.59 Å². The number of primary amides is 1. The lowest BCUT2D eigenvalue weighted by atomic mass is 9.84. The van der Waals surface area contributed by atoms with E-state index in [9.17, 15) is 14.7 Å². The van der Waals surface area contributed by atoms with Crippen LogP contribution in [-0.4, -0.2) is 55.1 Å². The van der Waals surface area contributed by atoms with E-state index in [1.807, 2.05) is 19.9 Å². The van der Waals surface area contributed by atoms with Gasteiger partial charge in [-0.1, -0.05) is 49.7 Å². The maximum absolute atomic E-state index is 13.7. The minimum Gasteiger partial charge on any atom is -0.380 e. The molecule has 0 aliphatic carbocycles. The van der Waals surface area contributed by atoms with Crippen molar-refractivity contribution in [1.29, 1.82) is 0 Å². The number of likely N-dealkylation sites (N-methyl/N-ethyl adjacent to an activating group) is 1. The molecular formula is C23H29Cl2N3O4. The molecule has 0 bridgehead atoms. The highest BCUT2D eigenvalue weighted by Crippen LogP contribution is 2.49. The fourth-order valence-corrected chi connectivity index (χ4v) is 4.48. The van der Waals surface area contributed by atoms with Crippen molar-refractivity contribution in [3.05, 3.63) is 63.7 Å². The predicted octanol–water partition coefficient (Wildman–Crippen LogP) is 2.93. The van der Waals surface area contributed by atoms with Crippen molar-refractivity contribution in [3.63, 3.8) is 0 Å². The lowest BCUT2D eigenvalue weighted by molar-refractivity contribution is -0.132. The van der Waals surface area contributed by atoms with Gasteiger partial charge in [-0.05, 0) is 30.8 Å². The Morgan fingerprint density at radius 2 is 1.91 bits per heavy atom. The average Bonchev–Trinajstić information content (AvgIpc) is 2.97. The minimum absolute atomic E-state index is 0. The zero-order valence-corrected chi connectivity index (χ0v) is 20.0. The maximum atomic E-state index is 13.7. The Morgan fingerprint density at radius 1 is 1.25 bits per heavy atom. The Balaban J connectivity index is 0.00000363. The van der Waals surface area contributed by atoms with Crippen LogP contribution in [0.15, 0.2) is 36.4 Å². The lowest BCUT2D eigenvalue weighted by Crippen LogP contribution is -2.44. The molecule has 0 aromatic heterocycles. The number of hydrogen-bond donors (Lipinski definition) is 2. The molecule has 2 aromatic rings. The third-order valence-electron chi connectivity index (χ3n) is 5.80. The molecule has 174 valence electrons. The van der Waals surface area contributed by atoms with Gasteiger partial charge in [-0.25, -0.2) is 0 Å². The molecule has 1 atom stereocenters. The van der Waals surface area contributed by atoms with E-state index in [0.717, 1.165) is 13.1 Å². The Kier molecular flexibility index (Phi) is 8.67. The molecule has 1 unspecified atom stereocenters. The van der Waals surface area contributed by atoms with Gasteiger partial charge < -0.3 is 25.4 Å². The van der Waals surface area contributed by atoms with Gasteiger partial charge in [0.2, 0.25) is 5.91 Å². The van der Waals surface area contributed by atoms with Crippen LogP contribution in [0.5, 0.6) is 0 Å². The number of carbonyl (C=O) groups excluding carboxylic acids is 2. The molecule has 2 amide bonds. The Bertz CT molecular complexity index is 997. The summed E-state index contributed by atoms with van der Waals surface area (Å²) in [5.41, 5.74) is 5.39. The summed E-state index contributed by atoms with van der Waals surface area (Å²) in [5, 5.41) is 12.0. The third kappa shape index (κ3) is 4.49. The average molecular weight is 482 g/mol. The number of rotatable bonds is 9. The molecule has 2 aromatic carbocycles. The van der Waals surface area contributed by atoms with Crippen molar-refractivity contribution in [2.24, 2.45) is 5.73 Å². The van der Waals surface area contributed by atoms with Crippen LogP contribution >= 0.6 is 24.0 Å². The van der Waals surface area contributed by atoms with Crippen molar-refractivity contribution in [1.82, 2.24) is 4.90 Å². The first-order valence-electron chi connectivity index (χ1n) is 10.3. The second-order valence-corrected chi connectivity index (χ2v) is 7.91. The summed E-state index contributed by atoms with van der Waals surface area (Å²) >= 11 is 6.54. The van der Waals surface area contributed by atoms with Crippen LogP contribution in [0.2, 0.25) is 5.02 Å².